The Morgan fingerprint density at radius 3 is 2.50 bits per heavy atom. The van der Waals surface area contributed by atoms with Crippen LogP contribution >= 0.6 is 0 Å². The van der Waals surface area contributed by atoms with Crippen LogP contribution in [0.4, 0.5) is 17.1 Å². The second-order valence-corrected chi connectivity index (χ2v) is 9.14. The summed E-state index contributed by atoms with van der Waals surface area (Å²) in [6.45, 7) is 2.41. The van der Waals surface area contributed by atoms with Crippen molar-refractivity contribution in [3.8, 4) is 0 Å². The van der Waals surface area contributed by atoms with Gasteiger partial charge in [-0.1, -0.05) is 13.0 Å². The van der Waals surface area contributed by atoms with Crippen LogP contribution in [0.5, 0.6) is 0 Å². The Labute approximate surface area is 186 Å². The van der Waals surface area contributed by atoms with E-state index in [2.05, 4.69) is 10.0 Å². The van der Waals surface area contributed by atoms with Crippen molar-refractivity contribution in [2.24, 2.45) is 0 Å². The van der Waals surface area contributed by atoms with Crippen molar-refractivity contribution in [1.82, 2.24) is 0 Å². The molecular formula is C23H23N3O5S. The van der Waals surface area contributed by atoms with Crippen molar-refractivity contribution >= 4 is 38.9 Å². The molecule has 1 aliphatic rings. The van der Waals surface area contributed by atoms with Crippen LogP contribution in [0.3, 0.4) is 0 Å². The molecule has 0 unspecified atom stereocenters. The zero-order chi connectivity index (χ0) is 22.7. The lowest BCUT2D eigenvalue weighted by Gasteiger charge is -2.17. The molecule has 166 valence electrons. The Hall–Kier alpha value is -3.59. The molecular weight excluding hydrogens is 430 g/mol. The van der Waals surface area contributed by atoms with Gasteiger partial charge in [-0.3, -0.25) is 14.3 Å². The lowest BCUT2D eigenvalue weighted by atomic mass is 10.1. The Morgan fingerprint density at radius 1 is 1.06 bits per heavy atom. The van der Waals surface area contributed by atoms with E-state index < -0.39 is 10.0 Å². The van der Waals surface area contributed by atoms with Gasteiger partial charge in [-0.15, -0.1) is 0 Å². The highest BCUT2D eigenvalue weighted by atomic mass is 32.2. The molecule has 4 rings (SSSR count). The van der Waals surface area contributed by atoms with Crippen molar-refractivity contribution in [3.05, 3.63) is 72.2 Å². The first-order chi connectivity index (χ1) is 15.4. The first-order valence-electron chi connectivity index (χ1n) is 10.3. The summed E-state index contributed by atoms with van der Waals surface area (Å²) < 4.78 is 33.5. The molecule has 2 amide bonds. The maximum Gasteiger partial charge on any atom is 0.293 e. The summed E-state index contributed by atoms with van der Waals surface area (Å²) in [4.78, 5) is 26.1. The van der Waals surface area contributed by atoms with E-state index in [0.717, 1.165) is 12.0 Å². The Kier molecular flexibility index (Phi) is 6.00. The van der Waals surface area contributed by atoms with Crippen LogP contribution in [-0.4, -0.2) is 26.8 Å². The molecule has 0 aliphatic carbocycles. The number of hydrogen-bond donors (Lipinski definition) is 2. The number of benzene rings is 2. The van der Waals surface area contributed by atoms with Crippen molar-refractivity contribution in [3.63, 3.8) is 0 Å². The predicted octanol–water partition coefficient (Wildman–Crippen LogP) is 4.02. The van der Waals surface area contributed by atoms with Crippen LogP contribution in [0.25, 0.3) is 0 Å². The number of fused-ring (bicyclic) bond motifs is 1. The van der Waals surface area contributed by atoms with Gasteiger partial charge in [-0.2, -0.15) is 0 Å². The first kappa shape index (κ1) is 21.6. The van der Waals surface area contributed by atoms with Gasteiger partial charge in [0.25, 0.3) is 15.9 Å². The fourth-order valence-corrected chi connectivity index (χ4v) is 4.62. The van der Waals surface area contributed by atoms with Crippen LogP contribution < -0.4 is 14.9 Å². The number of carbonyl (C=O) groups is 2. The minimum absolute atomic E-state index is 0.0648. The van der Waals surface area contributed by atoms with Gasteiger partial charge in [0.05, 0.1) is 16.8 Å². The average Bonchev–Trinajstić information content (AvgIpc) is 3.44. The smallest absolute Gasteiger partial charge is 0.293 e. The zero-order valence-electron chi connectivity index (χ0n) is 17.5. The summed E-state index contributed by atoms with van der Waals surface area (Å²) >= 11 is 0. The highest BCUT2D eigenvalue weighted by Gasteiger charge is 2.28. The summed E-state index contributed by atoms with van der Waals surface area (Å²) in [5.41, 5.74) is 2.50. The van der Waals surface area contributed by atoms with E-state index in [1.54, 1.807) is 41.3 Å². The number of nitrogens with one attached hydrogen (secondary N) is 2. The molecule has 0 spiro atoms. The van der Waals surface area contributed by atoms with Crippen LogP contribution in [0.1, 0.15) is 35.9 Å². The normalized spacial score (nSPS) is 13.0. The van der Waals surface area contributed by atoms with Gasteiger partial charge in [0.1, 0.15) is 0 Å². The number of carbonyl (C=O) groups excluding carboxylic acids is 2. The SMILES string of the molecule is CCCC(=O)Nc1ccc(S(=O)(=O)Nc2ccc3c(c2)N(C(=O)c2ccco2)CC3)cc1. The molecule has 0 bridgehead atoms. The molecule has 0 saturated carbocycles. The third-order valence-electron chi connectivity index (χ3n) is 5.14. The molecule has 1 aliphatic heterocycles. The van der Waals surface area contributed by atoms with E-state index >= 15 is 0 Å². The molecule has 2 aromatic carbocycles. The van der Waals surface area contributed by atoms with Gasteiger partial charge >= 0.3 is 0 Å². The van der Waals surface area contributed by atoms with Gasteiger partial charge in [-0.05, 0) is 66.9 Å². The number of amides is 2. The number of hydrogen-bond acceptors (Lipinski definition) is 5. The molecule has 9 heteroatoms. The predicted molar refractivity (Wildman–Crippen MR) is 121 cm³/mol. The molecule has 0 atom stereocenters. The topological polar surface area (TPSA) is 109 Å². The molecule has 8 nitrogen and oxygen atoms in total. The van der Waals surface area contributed by atoms with E-state index in [1.807, 2.05) is 13.0 Å². The van der Waals surface area contributed by atoms with Crippen LogP contribution in [0.15, 0.2) is 70.2 Å². The minimum atomic E-state index is -3.85. The van der Waals surface area contributed by atoms with Crippen molar-refractivity contribution in [1.29, 1.82) is 0 Å². The van der Waals surface area contributed by atoms with Crippen molar-refractivity contribution in [2.75, 3.05) is 21.5 Å². The Balaban J connectivity index is 1.51. The Morgan fingerprint density at radius 2 is 1.81 bits per heavy atom. The molecule has 0 saturated heterocycles. The molecule has 1 aromatic heterocycles. The maximum absolute atomic E-state index is 12.8. The largest absolute Gasteiger partial charge is 0.459 e. The molecule has 0 fully saturated rings. The van der Waals surface area contributed by atoms with Gasteiger partial charge < -0.3 is 14.6 Å². The molecule has 2 N–H and O–H groups in total. The zero-order valence-corrected chi connectivity index (χ0v) is 18.3. The summed E-state index contributed by atoms with van der Waals surface area (Å²) in [6, 6.07) is 14.4. The first-order valence-corrected chi connectivity index (χ1v) is 11.8. The fraction of sp³-hybridized carbons (Fsp3) is 0.217. The monoisotopic (exact) mass is 453 g/mol. The van der Waals surface area contributed by atoms with Gasteiger partial charge in [-0.25, -0.2) is 8.42 Å². The fourth-order valence-electron chi connectivity index (χ4n) is 3.57. The third-order valence-corrected chi connectivity index (χ3v) is 6.53. The summed E-state index contributed by atoms with van der Waals surface area (Å²) in [5, 5.41) is 2.73. The maximum atomic E-state index is 12.8. The minimum Gasteiger partial charge on any atom is -0.459 e. The van der Waals surface area contributed by atoms with E-state index in [0.29, 0.717) is 36.4 Å². The second-order valence-electron chi connectivity index (χ2n) is 7.46. The lowest BCUT2D eigenvalue weighted by Crippen LogP contribution is -2.28. The van der Waals surface area contributed by atoms with Crippen LogP contribution in [0, 0.1) is 0 Å². The summed E-state index contributed by atoms with van der Waals surface area (Å²) in [6.07, 6.45) is 3.25. The van der Waals surface area contributed by atoms with E-state index in [-0.39, 0.29) is 22.5 Å². The highest BCUT2D eigenvalue weighted by Crippen LogP contribution is 2.33. The summed E-state index contributed by atoms with van der Waals surface area (Å²) in [5.74, 6) is -0.155. The van der Waals surface area contributed by atoms with Gasteiger partial charge in [0.2, 0.25) is 5.91 Å². The highest BCUT2D eigenvalue weighted by molar-refractivity contribution is 7.92. The van der Waals surface area contributed by atoms with E-state index in [4.69, 9.17) is 4.42 Å². The molecule has 0 radical (unpaired) electrons. The lowest BCUT2D eigenvalue weighted by molar-refractivity contribution is -0.116. The number of sulfonamides is 1. The summed E-state index contributed by atoms with van der Waals surface area (Å²) in [7, 11) is -3.85. The number of nitrogens with zero attached hydrogens (tertiary/aromatic N) is 1. The van der Waals surface area contributed by atoms with E-state index in [9.17, 15) is 18.0 Å². The Bertz CT molecular complexity index is 1240. The molecule has 3 aromatic rings. The standard InChI is InChI=1S/C23H23N3O5S/c1-2-4-22(27)24-17-8-10-19(11-9-17)32(29,30)25-18-7-6-16-12-13-26(20(16)15-18)23(28)21-5-3-14-31-21/h3,5-11,14-15,25H,2,4,12-13H2,1H3,(H,24,27). The quantitative estimate of drug-likeness (QED) is 0.562. The van der Waals surface area contributed by atoms with Crippen LogP contribution in [0.2, 0.25) is 0 Å². The van der Waals surface area contributed by atoms with Gasteiger partial charge in [0, 0.05) is 24.3 Å². The van der Waals surface area contributed by atoms with Gasteiger partial charge in [0.15, 0.2) is 5.76 Å². The van der Waals surface area contributed by atoms with Crippen LogP contribution in [-0.2, 0) is 21.2 Å². The van der Waals surface area contributed by atoms with Crippen molar-refractivity contribution < 1.29 is 22.4 Å². The average molecular weight is 454 g/mol. The second kappa shape index (κ2) is 8.88. The third kappa shape index (κ3) is 4.52. The number of anilines is 3. The molecule has 32 heavy (non-hydrogen) atoms. The van der Waals surface area contributed by atoms with Crippen molar-refractivity contribution in [2.45, 2.75) is 31.1 Å². The molecule has 2 heterocycles. The number of furan rings is 1. The number of rotatable bonds is 7. The van der Waals surface area contributed by atoms with E-state index in [1.165, 1.54) is 18.4 Å².